The molecule has 1 aliphatic heterocycles. The normalized spacial score (nSPS) is 18.2. The molecule has 1 heteroatoms. The van der Waals surface area contributed by atoms with E-state index in [4.69, 9.17) is 0 Å². The van der Waals surface area contributed by atoms with Crippen LogP contribution in [0.5, 0.6) is 0 Å². The minimum absolute atomic E-state index is 0.206. The van der Waals surface area contributed by atoms with Gasteiger partial charge in [-0.15, -0.1) is 0 Å². The van der Waals surface area contributed by atoms with Gasteiger partial charge >= 0.3 is 0 Å². The van der Waals surface area contributed by atoms with Gasteiger partial charge in [-0.25, -0.2) is 0 Å². The Labute approximate surface area is 160 Å². The van der Waals surface area contributed by atoms with Crippen molar-refractivity contribution >= 4 is 5.69 Å². The molecule has 0 fully saturated rings. The predicted molar refractivity (Wildman–Crippen MR) is 112 cm³/mol. The van der Waals surface area contributed by atoms with E-state index in [2.05, 4.69) is 96.9 Å². The second-order valence-corrected chi connectivity index (χ2v) is 7.70. The quantitative estimate of drug-likeness (QED) is 0.478. The summed E-state index contributed by atoms with van der Waals surface area (Å²) in [6, 6.07) is 26.9. The lowest BCUT2D eigenvalue weighted by molar-refractivity contribution is 0.701. The molecule has 1 heterocycles. The summed E-state index contributed by atoms with van der Waals surface area (Å²) >= 11 is 0. The maximum absolute atomic E-state index is 2.49. The van der Waals surface area contributed by atoms with E-state index in [9.17, 15) is 0 Å². The zero-order valence-corrected chi connectivity index (χ0v) is 15.4. The zero-order chi connectivity index (χ0) is 18.0. The molecule has 0 unspecified atom stereocenters. The number of hydrogen-bond donors (Lipinski definition) is 0. The van der Waals surface area contributed by atoms with Crippen molar-refractivity contribution in [1.82, 2.24) is 0 Å². The lowest BCUT2D eigenvalue weighted by Crippen LogP contribution is -2.41. The maximum atomic E-state index is 2.49. The van der Waals surface area contributed by atoms with Crippen LogP contribution in [-0.4, -0.2) is 7.05 Å². The fraction of sp³-hybridized carbons (Fsp3) is 0.154. The summed E-state index contributed by atoms with van der Waals surface area (Å²) in [7, 11) is 2.21. The second kappa shape index (κ2) is 5.23. The van der Waals surface area contributed by atoms with Gasteiger partial charge in [0, 0.05) is 18.4 Å². The Morgan fingerprint density at radius 2 is 1.22 bits per heavy atom. The molecule has 0 radical (unpaired) electrons. The van der Waals surface area contributed by atoms with Crippen molar-refractivity contribution < 1.29 is 0 Å². The molecule has 0 aromatic heterocycles. The van der Waals surface area contributed by atoms with E-state index in [1.807, 2.05) is 0 Å². The van der Waals surface area contributed by atoms with Crippen LogP contribution in [0, 0.1) is 0 Å². The third-order valence-electron chi connectivity index (χ3n) is 6.52. The van der Waals surface area contributed by atoms with E-state index < -0.39 is 0 Å². The molecule has 27 heavy (non-hydrogen) atoms. The van der Waals surface area contributed by atoms with Crippen molar-refractivity contribution in [1.29, 1.82) is 0 Å². The Morgan fingerprint density at radius 3 is 1.93 bits per heavy atom. The third kappa shape index (κ3) is 1.70. The summed E-state index contributed by atoms with van der Waals surface area (Å²) in [5.74, 6) is 0. The largest absolute Gasteiger partial charge is 0.344 e. The molecule has 0 N–H and O–H groups in total. The van der Waals surface area contributed by atoms with Crippen LogP contribution in [0.25, 0.3) is 11.1 Å². The highest BCUT2D eigenvalue weighted by Crippen LogP contribution is 2.62. The van der Waals surface area contributed by atoms with E-state index in [1.165, 1.54) is 44.8 Å². The molecular weight excluding hydrogens is 326 g/mol. The number of fused-ring (bicyclic) bond motifs is 9. The van der Waals surface area contributed by atoms with Gasteiger partial charge in [0.1, 0.15) is 0 Å². The molecule has 0 bridgehead atoms. The van der Waals surface area contributed by atoms with Crippen molar-refractivity contribution in [2.45, 2.75) is 18.3 Å². The molecule has 2 aliphatic carbocycles. The third-order valence-corrected chi connectivity index (χ3v) is 6.52. The number of para-hydroxylation sites is 1. The van der Waals surface area contributed by atoms with Crippen molar-refractivity contribution in [2.75, 3.05) is 11.9 Å². The van der Waals surface area contributed by atoms with Gasteiger partial charge in [0.2, 0.25) is 0 Å². The van der Waals surface area contributed by atoms with Gasteiger partial charge in [0.05, 0.1) is 5.41 Å². The van der Waals surface area contributed by atoms with Crippen LogP contribution in [0.2, 0.25) is 0 Å². The molecule has 3 aromatic carbocycles. The average molecular weight is 347 g/mol. The predicted octanol–water partition coefficient (Wildman–Crippen LogP) is 6.06. The smallest absolute Gasteiger partial charge is 0.0750 e. The number of rotatable bonds is 0. The molecule has 3 aliphatic rings. The number of allylic oxidation sites excluding steroid dienone is 3. The SMILES string of the molecule is CN1C2=CCCC=C2C2(c3ccccc3-c3ccccc32)c2ccccc21. The Hall–Kier alpha value is -3.06. The topological polar surface area (TPSA) is 3.24 Å². The lowest BCUT2D eigenvalue weighted by atomic mass is 9.62. The Kier molecular flexibility index (Phi) is 2.91. The molecule has 0 saturated heterocycles. The molecule has 6 rings (SSSR count). The van der Waals surface area contributed by atoms with Crippen molar-refractivity contribution in [2.24, 2.45) is 0 Å². The van der Waals surface area contributed by atoms with Crippen LogP contribution < -0.4 is 4.90 Å². The first-order valence-electron chi connectivity index (χ1n) is 9.77. The van der Waals surface area contributed by atoms with E-state index in [-0.39, 0.29) is 5.41 Å². The number of anilines is 1. The molecule has 0 amide bonds. The standard InChI is InChI=1S/C26H21N/c1-27-24-16-8-6-14-22(24)26(23-15-7-9-17-25(23)27)20-12-4-2-10-18(20)19-11-3-5-13-21(19)26/h2-6,8,10-17H,7,9H2,1H3. The Balaban J connectivity index is 1.84. The first kappa shape index (κ1) is 15.0. The highest BCUT2D eigenvalue weighted by Gasteiger charge is 2.52. The lowest BCUT2D eigenvalue weighted by Gasteiger charge is -2.47. The van der Waals surface area contributed by atoms with Gasteiger partial charge in [-0.1, -0.05) is 78.9 Å². The van der Waals surface area contributed by atoms with Crippen LogP contribution in [0.1, 0.15) is 29.5 Å². The van der Waals surface area contributed by atoms with Crippen LogP contribution in [0.4, 0.5) is 5.69 Å². The van der Waals surface area contributed by atoms with Gasteiger partial charge < -0.3 is 4.90 Å². The zero-order valence-electron chi connectivity index (χ0n) is 15.4. The van der Waals surface area contributed by atoms with Crippen LogP contribution in [0.3, 0.4) is 0 Å². The van der Waals surface area contributed by atoms with Crippen molar-refractivity contribution in [3.63, 3.8) is 0 Å². The van der Waals surface area contributed by atoms with Crippen molar-refractivity contribution in [3.05, 3.63) is 113 Å². The minimum Gasteiger partial charge on any atom is -0.344 e. The monoisotopic (exact) mass is 347 g/mol. The van der Waals surface area contributed by atoms with Gasteiger partial charge in [0.25, 0.3) is 0 Å². The average Bonchev–Trinajstić information content (AvgIpc) is 3.04. The molecular formula is C26H21N. The summed E-state index contributed by atoms with van der Waals surface area (Å²) < 4.78 is 0. The Morgan fingerprint density at radius 1 is 0.667 bits per heavy atom. The molecule has 1 nitrogen and oxygen atoms in total. The number of hydrogen-bond acceptors (Lipinski definition) is 1. The highest BCUT2D eigenvalue weighted by atomic mass is 15.1. The van der Waals surface area contributed by atoms with E-state index in [0.29, 0.717) is 0 Å². The highest BCUT2D eigenvalue weighted by molar-refractivity contribution is 5.91. The van der Waals surface area contributed by atoms with Crippen LogP contribution >= 0.6 is 0 Å². The number of nitrogens with zero attached hydrogens (tertiary/aromatic N) is 1. The van der Waals surface area contributed by atoms with Crippen LogP contribution in [-0.2, 0) is 5.41 Å². The number of benzene rings is 3. The van der Waals surface area contributed by atoms with E-state index >= 15 is 0 Å². The molecule has 3 aromatic rings. The van der Waals surface area contributed by atoms with Gasteiger partial charge in [-0.05, 0) is 52.3 Å². The maximum Gasteiger partial charge on any atom is 0.0750 e. The summed E-state index contributed by atoms with van der Waals surface area (Å²) in [6.07, 6.45) is 7.14. The first-order valence-corrected chi connectivity index (χ1v) is 9.77. The first-order chi connectivity index (χ1) is 13.3. The summed E-state index contributed by atoms with van der Waals surface area (Å²) in [4.78, 5) is 2.38. The molecule has 0 atom stereocenters. The van der Waals surface area contributed by atoms with Crippen LogP contribution in [0.15, 0.2) is 96.2 Å². The summed E-state index contributed by atoms with van der Waals surface area (Å²) in [5.41, 5.74) is 10.9. The molecule has 130 valence electrons. The fourth-order valence-corrected chi connectivity index (χ4v) is 5.50. The van der Waals surface area contributed by atoms with Gasteiger partial charge in [-0.2, -0.15) is 0 Å². The Bertz CT molecular complexity index is 1100. The minimum atomic E-state index is -0.206. The fourth-order valence-electron chi connectivity index (χ4n) is 5.50. The summed E-state index contributed by atoms with van der Waals surface area (Å²) in [5, 5.41) is 0. The van der Waals surface area contributed by atoms with Gasteiger partial charge in [0.15, 0.2) is 0 Å². The molecule has 1 spiro atoms. The molecule has 0 saturated carbocycles. The second-order valence-electron chi connectivity index (χ2n) is 7.70. The van der Waals surface area contributed by atoms with E-state index in [0.717, 1.165) is 12.8 Å². The number of likely N-dealkylation sites (N-methyl/N-ethyl adjacent to an activating group) is 1. The summed E-state index contributed by atoms with van der Waals surface area (Å²) in [6.45, 7) is 0. The van der Waals surface area contributed by atoms with Crippen molar-refractivity contribution in [3.8, 4) is 11.1 Å². The van der Waals surface area contributed by atoms with E-state index in [1.54, 1.807) is 0 Å². The van der Waals surface area contributed by atoms with Gasteiger partial charge in [-0.3, -0.25) is 0 Å².